The standard InChI is InChI=1S/C17H24O2/c1-12-13-6-10-17(11-18)8-4-3-5-15(17)16(13,2)9-7-14(12)19/h5-6,12,18H,3-4,7-11H2,1-2H3/t12?,16-,17+/m0/s1. The van der Waals surface area contributed by atoms with E-state index in [-0.39, 0.29) is 23.4 Å². The smallest absolute Gasteiger partial charge is 0.139 e. The van der Waals surface area contributed by atoms with Gasteiger partial charge in [-0.1, -0.05) is 37.1 Å². The van der Waals surface area contributed by atoms with Crippen LogP contribution in [-0.4, -0.2) is 17.5 Å². The summed E-state index contributed by atoms with van der Waals surface area (Å²) >= 11 is 0. The van der Waals surface area contributed by atoms with Gasteiger partial charge in [-0.15, -0.1) is 0 Å². The third kappa shape index (κ3) is 1.69. The summed E-state index contributed by atoms with van der Waals surface area (Å²) in [4.78, 5) is 12.0. The third-order valence-corrected chi connectivity index (χ3v) is 5.85. The zero-order valence-electron chi connectivity index (χ0n) is 12.0. The van der Waals surface area contributed by atoms with E-state index in [9.17, 15) is 9.90 Å². The van der Waals surface area contributed by atoms with Crippen LogP contribution in [0.1, 0.15) is 52.4 Å². The van der Waals surface area contributed by atoms with E-state index < -0.39 is 0 Å². The molecule has 0 aromatic heterocycles. The molecule has 0 radical (unpaired) electrons. The molecule has 0 saturated heterocycles. The molecule has 2 heteroatoms. The maximum atomic E-state index is 12.0. The van der Waals surface area contributed by atoms with Gasteiger partial charge in [-0.2, -0.15) is 0 Å². The highest BCUT2D eigenvalue weighted by molar-refractivity contribution is 5.85. The van der Waals surface area contributed by atoms with Gasteiger partial charge >= 0.3 is 0 Å². The van der Waals surface area contributed by atoms with Gasteiger partial charge in [0.05, 0.1) is 6.61 Å². The minimum absolute atomic E-state index is 0.0225. The molecule has 3 aliphatic carbocycles. The topological polar surface area (TPSA) is 37.3 Å². The predicted molar refractivity (Wildman–Crippen MR) is 75.7 cm³/mol. The summed E-state index contributed by atoms with van der Waals surface area (Å²) in [7, 11) is 0. The Bertz CT molecular complexity index is 474. The van der Waals surface area contributed by atoms with E-state index in [1.54, 1.807) is 0 Å². The first-order valence-electron chi connectivity index (χ1n) is 7.59. The van der Waals surface area contributed by atoms with Gasteiger partial charge in [0.1, 0.15) is 5.78 Å². The summed E-state index contributed by atoms with van der Waals surface area (Å²) in [6, 6.07) is 0. The van der Waals surface area contributed by atoms with E-state index in [4.69, 9.17) is 0 Å². The van der Waals surface area contributed by atoms with Crippen molar-refractivity contribution in [1.29, 1.82) is 0 Å². The number of aliphatic hydroxyl groups is 1. The first-order valence-corrected chi connectivity index (χ1v) is 7.59. The number of hydrogen-bond donors (Lipinski definition) is 1. The van der Waals surface area contributed by atoms with Crippen molar-refractivity contribution in [2.24, 2.45) is 16.7 Å². The van der Waals surface area contributed by atoms with Gasteiger partial charge < -0.3 is 5.11 Å². The number of Topliss-reactive ketones (excluding diaryl/α,β-unsaturated/α-hetero) is 1. The lowest BCUT2D eigenvalue weighted by molar-refractivity contribution is -0.123. The van der Waals surface area contributed by atoms with E-state index in [2.05, 4.69) is 26.0 Å². The van der Waals surface area contributed by atoms with Crippen molar-refractivity contribution in [2.45, 2.75) is 52.4 Å². The average Bonchev–Trinajstić information content (AvgIpc) is 2.43. The van der Waals surface area contributed by atoms with Gasteiger partial charge in [-0.3, -0.25) is 4.79 Å². The Morgan fingerprint density at radius 2 is 2.16 bits per heavy atom. The molecule has 0 spiro atoms. The van der Waals surface area contributed by atoms with Gasteiger partial charge in [-0.05, 0) is 32.1 Å². The SMILES string of the molecule is CC1C(=O)CC[C@@]2(C)C1=CC[C@@]1(CO)CCCC=C12. The van der Waals surface area contributed by atoms with Gasteiger partial charge in [0.2, 0.25) is 0 Å². The molecule has 2 nitrogen and oxygen atoms in total. The van der Waals surface area contributed by atoms with E-state index in [1.807, 2.05) is 0 Å². The fraction of sp³-hybridized carbons (Fsp3) is 0.706. The minimum atomic E-state index is -0.0311. The lowest BCUT2D eigenvalue weighted by Gasteiger charge is -2.53. The monoisotopic (exact) mass is 260 g/mol. The number of carbonyl (C=O) groups is 1. The molecule has 3 atom stereocenters. The zero-order chi connectivity index (χ0) is 13.7. The molecule has 0 aliphatic heterocycles. The van der Waals surface area contributed by atoms with Crippen LogP contribution in [-0.2, 0) is 4.79 Å². The molecule has 0 amide bonds. The molecule has 104 valence electrons. The number of ketones is 1. The van der Waals surface area contributed by atoms with E-state index in [0.717, 1.165) is 25.7 Å². The van der Waals surface area contributed by atoms with Crippen molar-refractivity contribution in [3.63, 3.8) is 0 Å². The lowest BCUT2D eigenvalue weighted by atomic mass is 9.51. The number of carbonyl (C=O) groups excluding carboxylic acids is 1. The quantitative estimate of drug-likeness (QED) is 0.734. The Morgan fingerprint density at radius 1 is 1.37 bits per heavy atom. The molecule has 0 bridgehead atoms. The molecule has 1 N–H and O–H groups in total. The fourth-order valence-corrected chi connectivity index (χ4v) is 4.67. The normalized spacial score (nSPS) is 42.1. The first kappa shape index (κ1) is 13.1. The summed E-state index contributed by atoms with van der Waals surface area (Å²) in [5.41, 5.74) is 2.75. The van der Waals surface area contributed by atoms with Crippen molar-refractivity contribution in [1.82, 2.24) is 0 Å². The third-order valence-electron chi connectivity index (χ3n) is 5.85. The molecule has 3 aliphatic rings. The van der Waals surface area contributed by atoms with Crippen molar-refractivity contribution < 1.29 is 9.90 Å². The predicted octanol–water partition coefficient (Wildman–Crippen LogP) is 3.41. The maximum Gasteiger partial charge on any atom is 0.139 e. The number of hydrogen-bond acceptors (Lipinski definition) is 2. The molecule has 0 aromatic rings. The Labute approximate surface area is 115 Å². The second-order valence-corrected chi connectivity index (χ2v) is 6.83. The van der Waals surface area contributed by atoms with Crippen molar-refractivity contribution in [2.75, 3.05) is 6.61 Å². The van der Waals surface area contributed by atoms with Crippen LogP contribution >= 0.6 is 0 Å². The zero-order valence-corrected chi connectivity index (χ0v) is 12.0. The summed E-state index contributed by atoms with van der Waals surface area (Å²) < 4.78 is 0. The van der Waals surface area contributed by atoms with Gasteiger partial charge in [0.25, 0.3) is 0 Å². The molecular weight excluding hydrogens is 236 g/mol. The van der Waals surface area contributed by atoms with Crippen LogP contribution in [0.4, 0.5) is 0 Å². The Kier molecular flexibility index (Phi) is 2.97. The fourth-order valence-electron chi connectivity index (χ4n) is 4.67. The van der Waals surface area contributed by atoms with Gasteiger partial charge in [-0.25, -0.2) is 0 Å². The number of allylic oxidation sites excluding steroid dienone is 3. The van der Waals surface area contributed by atoms with E-state index in [0.29, 0.717) is 12.2 Å². The Hall–Kier alpha value is -0.890. The molecule has 0 aromatic carbocycles. The Balaban J connectivity index is 2.11. The molecule has 1 unspecified atom stereocenters. The van der Waals surface area contributed by atoms with Crippen LogP contribution in [0.5, 0.6) is 0 Å². The largest absolute Gasteiger partial charge is 0.395 e. The summed E-state index contributed by atoms with van der Waals surface area (Å²) in [5.74, 6) is 0.454. The second-order valence-electron chi connectivity index (χ2n) is 6.83. The van der Waals surface area contributed by atoms with Gasteiger partial charge in [0.15, 0.2) is 0 Å². The molecule has 0 heterocycles. The van der Waals surface area contributed by atoms with Crippen LogP contribution in [0.3, 0.4) is 0 Å². The molecule has 1 saturated carbocycles. The van der Waals surface area contributed by atoms with Gasteiger partial charge in [0, 0.05) is 23.2 Å². The summed E-state index contributed by atoms with van der Waals surface area (Å²) in [5, 5.41) is 9.96. The van der Waals surface area contributed by atoms with Crippen LogP contribution in [0.15, 0.2) is 23.3 Å². The number of fused-ring (bicyclic) bond motifs is 3. The number of rotatable bonds is 1. The van der Waals surface area contributed by atoms with Crippen LogP contribution in [0.2, 0.25) is 0 Å². The highest BCUT2D eigenvalue weighted by atomic mass is 16.3. The Morgan fingerprint density at radius 3 is 2.89 bits per heavy atom. The molecule has 1 fully saturated rings. The molecule has 3 rings (SSSR count). The highest BCUT2D eigenvalue weighted by Crippen LogP contribution is 2.60. The van der Waals surface area contributed by atoms with Crippen LogP contribution in [0.25, 0.3) is 0 Å². The summed E-state index contributed by atoms with van der Waals surface area (Å²) in [6.45, 7) is 4.60. The average molecular weight is 260 g/mol. The number of aliphatic hydroxyl groups excluding tert-OH is 1. The second kappa shape index (κ2) is 4.31. The van der Waals surface area contributed by atoms with E-state index >= 15 is 0 Å². The van der Waals surface area contributed by atoms with Crippen LogP contribution < -0.4 is 0 Å². The highest BCUT2D eigenvalue weighted by Gasteiger charge is 2.51. The minimum Gasteiger partial charge on any atom is -0.395 e. The molecular formula is C17H24O2. The van der Waals surface area contributed by atoms with Crippen molar-refractivity contribution in [3.8, 4) is 0 Å². The van der Waals surface area contributed by atoms with Crippen LogP contribution in [0, 0.1) is 16.7 Å². The van der Waals surface area contributed by atoms with Crippen molar-refractivity contribution in [3.05, 3.63) is 23.3 Å². The maximum absolute atomic E-state index is 12.0. The summed E-state index contributed by atoms with van der Waals surface area (Å²) in [6.07, 6.45) is 10.6. The first-order chi connectivity index (χ1) is 9.03. The van der Waals surface area contributed by atoms with E-state index in [1.165, 1.54) is 17.6 Å². The lowest BCUT2D eigenvalue weighted by Crippen LogP contribution is -2.46. The van der Waals surface area contributed by atoms with Crippen molar-refractivity contribution >= 4 is 5.78 Å². The molecule has 19 heavy (non-hydrogen) atoms.